The summed E-state index contributed by atoms with van der Waals surface area (Å²) in [6.45, 7) is 3.78. The van der Waals surface area contributed by atoms with Crippen molar-refractivity contribution in [3.05, 3.63) is 35.9 Å². The third-order valence-corrected chi connectivity index (χ3v) is 5.85. The Morgan fingerprint density at radius 1 is 1.22 bits per heavy atom. The average Bonchev–Trinajstić information content (AvgIpc) is 2.82. The van der Waals surface area contributed by atoms with Gasteiger partial charge in [-0.15, -0.1) is 0 Å². The maximum atomic E-state index is 12.7. The van der Waals surface area contributed by atoms with Gasteiger partial charge in [0.15, 0.2) is 6.23 Å². The minimum Gasteiger partial charge on any atom is -0.371 e. The van der Waals surface area contributed by atoms with E-state index in [2.05, 4.69) is 0 Å². The van der Waals surface area contributed by atoms with Gasteiger partial charge in [-0.2, -0.15) is 5.06 Å². The fraction of sp³-hybridized carbons (Fsp3) is 0.533. The van der Waals surface area contributed by atoms with Crippen LogP contribution in [0.2, 0.25) is 0 Å². The van der Waals surface area contributed by atoms with Crippen molar-refractivity contribution in [2.75, 3.05) is 13.2 Å². The van der Waals surface area contributed by atoms with Crippen LogP contribution in [0, 0.1) is 0 Å². The van der Waals surface area contributed by atoms with E-state index in [9.17, 15) is 14.5 Å². The topological polar surface area (TPSA) is 85.3 Å². The first-order valence-corrected chi connectivity index (χ1v) is 9.19. The van der Waals surface area contributed by atoms with Crippen LogP contribution in [0.3, 0.4) is 0 Å². The summed E-state index contributed by atoms with van der Waals surface area (Å²) < 4.78 is 23.1. The number of hydrogen-bond acceptors (Lipinski definition) is 6. The zero-order valence-corrected chi connectivity index (χ0v) is 14.1. The monoisotopic (exact) mass is 343 g/mol. The van der Waals surface area contributed by atoms with Crippen molar-refractivity contribution in [2.45, 2.75) is 38.8 Å². The van der Waals surface area contributed by atoms with Gasteiger partial charge in [-0.25, -0.2) is 0 Å². The lowest BCUT2D eigenvalue weighted by Crippen LogP contribution is -2.34. The fourth-order valence-corrected chi connectivity index (χ4v) is 4.38. The van der Waals surface area contributed by atoms with Crippen LogP contribution in [-0.2, 0) is 29.9 Å². The smallest absolute Gasteiger partial charge is 0.343 e. The van der Waals surface area contributed by atoms with Gasteiger partial charge in [0.1, 0.15) is 12.3 Å². The first-order valence-electron chi connectivity index (χ1n) is 7.58. The molecule has 0 bridgehead atoms. The molecule has 7 nitrogen and oxygen atoms in total. The molecule has 2 rings (SSSR count). The lowest BCUT2D eigenvalue weighted by Gasteiger charge is -2.22. The summed E-state index contributed by atoms with van der Waals surface area (Å²) in [7, 11) is -3.62. The average molecular weight is 343 g/mol. The number of aliphatic hydroxyl groups excluding tert-OH is 1. The summed E-state index contributed by atoms with van der Waals surface area (Å²) in [5.74, 6) is -0.585. The van der Waals surface area contributed by atoms with Gasteiger partial charge >= 0.3 is 7.60 Å². The predicted octanol–water partition coefficient (Wildman–Crippen LogP) is 2.30. The van der Waals surface area contributed by atoms with E-state index in [0.29, 0.717) is 0 Å². The van der Waals surface area contributed by atoms with Crippen molar-refractivity contribution < 1.29 is 28.4 Å². The van der Waals surface area contributed by atoms with E-state index < -0.39 is 25.4 Å². The molecule has 0 spiro atoms. The van der Waals surface area contributed by atoms with Gasteiger partial charge in [0, 0.05) is 6.42 Å². The number of aliphatic hydroxyl groups is 1. The van der Waals surface area contributed by atoms with E-state index in [1.165, 1.54) is 0 Å². The maximum Gasteiger partial charge on any atom is 0.343 e. The predicted molar refractivity (Wildman–Crippen MR) is 83.3 cm³/mol. The highest BCUT2D eigenvalue weighted by molar-refractivity contribution is 7.55. The van der Waals surface area contributed by atoms with Gasteiger partial charge < -0.3 is 14.2 Å². The molecule has 1 heterocycles. The molecule has 1 saturated heterocycles. The van der Waals surface area contributed by atoms with Crippen LogP contribution in [-0.4, -0.2) is 41.2 Å². The highest BCUT2D eigenvalue weighted by Gasteiger charge is 2.51. The first kappa shape index (κ1) is 18.1. The molecule has 2 atom stereocenters. The highest BCUT2D eigenvalue weighted by atomic mass is 31.2. The van der Waals surface area contributed by atoms with Crippen molar-refractivity contribution in [3.63, 3.8) is 0 Å². The van der Waals surface area contributed by atoms with Gasteiger partial charge in [-0.05, 0) is 19.4 Å². The number of nitrogens with zero attached hydrogens (tertiary/aromatic N) is 1. The van der Waals surface area contributed by atoms with Crippen LogP contribution < -0.4 is 0 Å². The van der Waals surface area contributed by atoms with Crippen LogP contribution in [0.15, 0.2) is 30.3 Å². The summed E-state index contributed by atoms with van der Waals surface area (Å²) in [4.78, 5) is 17.8. The number of rotatable bonds is 8. The SMILES string of the molecule is CCOP(=O)(OCC)C1CC(O)N(OCc2ccccc2)C1=O. The van der Waals surface area contributed by atoms with Crippen LogP contribution >= 0.6 is 7.60 Å². The van der Waals surface area contributed by atoms with E-state index in [0.717, 1.165) is 10.6 Å². The zero-order chi connectivity index (χ0) is 16.9. The third kappa shape index (κ3) is 4.19. The van der Waals surface area contributed by atoms with Crippen molar-refractivity contribution in [2.24, 2.45) is 0 Å². The number of hydroxylamine groups is 2. The van der Waals surface area contributed by atoms with Gasteiger partial charge in [0.05, 0.1) is 13.2 Å². The molecule has 23 heavy (non-hydrogen) atoms. The lowest BCUT2D eigenvalue weighted by atomic mass is 10.2. The molecule has 0 aromatic heterocycles. The highest BCUT2D eigenvalue weighted by Crippen LogP contribution is 2.57. The third-order valence-electron chi connectivity index (χ3n) is 3.42. The number of carbonyl (C=O) groups is 1. The molecule has 1 fully saturated rings. The van der Waals surface area contributed by atoms with Crippen LogP contribution in [0.25, 0.3) is 0 Å². The van der Waals surface area contributed by atoms with Crippen molar-refractivity contribution in [1.82, 2.24) is 5.06 Å². The Morgan fingerprint density at radius 2 is 1.83 bits per heavy atom. The second-order valence-electron chi connectivity index (χ2n) is 5.03. The van der Waals surface area contributed by atoms with E-state index in [4.69, 9.17) is 13.9 Å². The first-order chi connectivity index (χ1) is 11.0. The Labute approximate surface area is 135 Å². The number of hydrogen-bond donors (Lipinski definition) is 1. The standard InChI is InChI=1S/C15H22NO6P/c1-3-21-23(19,22-4-2)13-10-14(17)16(15(13)18)20-11-12-8-6-5-7-9-12/h5-9,13-14,17H,3-4,10-11H2,1-2H3. The molecule has 8 heteroatoms. The van der Waals surface area contributed by atoms with Crippen LogP contribution in [0.1, 0.15) is 25.8 Å². The fourth-order valence-electron chi connectivity index (χ4n) is 2.40. The largest absolute Gasteiger partial charge is 0.371 e. The summed E-state index contributed by atoms with van der Waals surface area (Å²) in [5, 5.41) is 10.9. The van der Waals surface area contributed by atoms with E-state index in [1.54, 1.807) is 13.8 Å². The van der Waals surface area contributed by atoms with Crippen molar-refractivity contribution in [1.29, 1.82) is 0 Å². The Hall–Kier alpha value is -1.24. The molecule has 1 aromatic carbocycles. The van der Waals surface area contributed by atoms with Crippen LogP contribution in [0.4, 0.5) is 0 Å². The Kier molecular flexibility index (Phi) is 6.33. The minimum atomic E-state index is -3.62. The minimum absolute atomic E-state index is 0.0507. The van der Waals surface area contributed by atoms with Gasteiger partial charge in [-0.3, -0.25) is 14.2 Å². The zero-order valence-electron chi connectivity index (χ0n) is 13.3. The van der Waals surface area contributed by atoms with Crippen molar-refractivity contribution in [3.8, 4) is 0 Å². The molecule has 1 N–H and O–H groups in total. The molecule has 1 aromatic rings. The summed E-state index contributed by atoms with van der Waals surface area (Å²) in [6, 6.07) is 9.26. The van der Waals surface area contributed by atoms with Crippen molar-refractivity contribution >= 4 is 13.5 Å². The number of benzene rings is 1. The van der Waals surface area contributed by atoms with Gasteiger partial charge in [-0.1, -0.05) is 30.3 Å². The quantitative estimate of drug-likeness (QED) is 0.729. The van der Waals surface area contributed by atoms with E-state index >= 15 is 0 Å². The number of amides is 1. The molecule has 128 valence electrons. The molecule has 1 amide bonds. The molecule has 0 radical (unpaired) electrons. The Balaban J connectivity index is 2.06. The Morgan fingerprint density at radius 3 is 2.39 bits per heavy atom. The molecule has 0 saturated carbocycles. The second-order valence-corrected chi connectivity index (χ2v) is 7.25. The maximum absolute atomic E-state index is 12.7. The number of carbonyl (C=O) groups excluding carboxylic acids is 1. The second kappa shape index (κ2) is 8.04. The van der Waals surface area contributed by atoms with Crippen LogP contribution in [0.5, 0.6) is 0 Å². The molecule has 0 aliphatic carbocycles. The van der Waals surface area contributed by atoms with E-state index in [1.807, 2.05) is 30.3 Å². The molecule has 1 aliphatic heterocycles. The summed E-state index contributed by atoms with van der Waals surface area (Å²) >= 11 is 0. The molecular weight excluding hydrogens is 321 g/mol. The lowest BCUT2D eigenvalue weighted by molar-refractivity contribution is -0.225. The summed E-state index contributed by atoms with van der Waals surface area (Å²) in [5.41, 5.74) is -0.193. The molecular formula is C15H22NO6P. The van der Waals surface area contributed by atoms with E-state index in [-0.39, 0.29) is 26.2 Å². The summed E-state index contributed by atoms with van der Waals surface area (Å²) in [6.07, 6.45) is -1.23. The van der Waals surface area contributed by atoms with Gasteiger partial charge in [0.2, 0.25) is 0 Å². The van der Waals surface area contributed by atoms with Gasteiger partial charge in [0.25, 0.3) is 5.91 Å². The molecule has 2 unspecified atom stereocenters. The molecule has 1 aliphatic rings. The normalized spacial score (nSPS) is 21.9. The Bertz CT molecular complexity index is 556.